The van der Waals surface area contributed by atoms with Crippen LogP contribution in [0.5, 0.6) is 5.75 Å². The van der Waals surface area contributed by atoms with Crippen LogP contribution in [-0.4, -0.2) is 45.8 Å². The lowest BCUT2D eigenvalue weighted by atomic mass is 10.1. The zero-order chi connectivity index (χ0) is 23.9. The Morgan fingerprint density at radius 1 is 1.06 bits per heavy atom. The van der Waals surface area contributed by atoms with E-state index in [0.29, 0.717) is 30.6 Å². The Hall–Kier alpha value is -3.52. The van der Waals surface area contributed by atoms with Crippen molar-refractivity contribution in [3.05, 3.63) is 84.3 Å². The first-order valence-electron chi connectivity index (χ1n) is 11.2. The van der Waals surface area contributed by atoms with Crippen molar-refractivity contribution < 1.29 is 13.9 Å². The van der Waals surface area contributed by atoms with Crippen LogP contribution >= 0.6 is 11.8 Å². The summed E-state index contributed by atoms with van der Waals surface area (Å²) in [6, 6.07) is 21.3. The summed E-state index contributed by atoms with van der Waals surface area (Å²) in [7, 11) is 1.64. The molecule has 0 bridgehead atoms. The Morgan fingerprint density at radius 2 is 1.85 bits per heavy atom. The minimum atomic E-state index is -0.446. The molecule has 0 aliphatic rings. The zero-order valence-electron chi connectivity index (χ0n) is 19.5. The standard InChI is InChI=1S/C26H28N4O3S/c1-4-29(5-2)25(31)23(19-11-7-6-8-12-19)34-26-28-27-24(20-13-9-14-21(17-20)32-3)30(26)18-22-15-10-16-33-22/h6-17,23H,4-5,18H2,1-3H3. The number of hydrogen-bond acceptors (Lipinski definition) is 6. The molecule has 4 rings (SSSR count). The van der Waals surface area contributed by atoms with Gasteiger partial charge in [0.1, 0.15) is 16.8 Å². The summed E-state index contributed by atoms with van der Waals surface area (Å²) in [4.78, 5) is 15.4. The number of aromatic nitrogens is 3. The van der Waals surface area contributed by atoms with Gasteiger partial charge in [-0.1, -0.05) is 54.2 Å². The lowest BCUT2D eigenvalue weighted by molar-refractivity contribution is -0.130. The second kappa shape index (κ2) is 11.1. The number of methoxy groups -OCH3 is 1. The van der Waals surface area contributed by atoms with Gasteiger partial charge < -0.3 is 14.1 Å². The number of ether oxygens (including phenoxy) is 1. The molecule has 2 aromatic heterocycles. The number of thioether (sulfide) groups is 1. The SMILES string of the molecule is CCN(CC)C(=O)C(Sc1nnc(-c2cccc(OC)c2)n1Cc1ccco1)c1ccccc1. The number of benzene rings is 2. The summed E-state index contributed by atoms with van der Waals surface area (Å²) in [5.74, 6) is 2.24. The van der Waals surface area contributed by atoms with Gasteiger partial charge in [0.2, 0.25) is 5.91 Å². The molecule has 0 radical (unpaired) electrons. The molecule has 0 N–H and O–H groups in total. The van der Waals surface area contributed by atoms with Crippen LogP contribution in [0.2, 0.25) is 0 Å². The summed E-state index contributed by atoms with van der Waals surface area (Å²) >= 11 is 1.41. The third-order valence-electron chi connectivity index (χ3n) is 5.56. The van der Waals surface area contributed by atoms with Gasteiger partial charge >= 0.3 is 0 Å². The van der Waals surface area contributed by atoms with Gasteiger partial charge in [0.25, 0.3) is 0 Å². The van der Waals surface area contributed by atoms with Crippen LogP contribution in [0.1, 0.15) is 30.4 Å². The summed E-state index contributed by atoms with van der Waals surface area (Å²) in [5.41, 5.74) is 1.80. The molecular weight excluding hydrogens is 448 g/mol. The van der Waals surface area contributed by atoms with Gasteiger partial charge in [0, 0.05) is 18.7 Å². The van der Waals surface area contributed by atoms with E-state index in [4.69, 9.17) is 9.15 Å². The van der Waals surface area contributed by atoms with Crippen molar-refractivity contribution in [3.63, 3.8) is 0 Å². The molecule has 8 heteroatoms. The number of hydrogen-bond donors (Lipinski definition) is 0. The summed E-state index contributed by atoms with van der Waals surface area (Å²) in [6.07, 6.45) is 1.65. The average molecular weight is 477 g/mol. The van der Waals surface area contributed by atoms with E-state index < -0.39 is 5.25 Å². The summed E-state index contributed by atoms with van der Waals surface area (Å²) in [5, 5.41) is 9.21. The van der Waals surface area contributed by atoms with Crippen LogP contribution in [0.25, 0.3) is 11.4 Å². The maximum Gasteiger partial charge on any atom is 0.240 e. The quantitative estimate of drug-likeness (QED) is 0.289. The Kier molecular flexibility index (Phi) is 7.69. The largest absolute Gasteiger partial charge is 0.497 e. The van der Waals surface area contributed by atoms with Crippen LogP contribution < -0.4 is 4.74 Å². The van der Waals surface area contributed by atoms with Gasteiger partial charge in [-0.25, -0.2) is 0 Å². The molecule has 2 aromatic carbocycles. The molecule has 34 heavy (non-hydrogen) atoms. The number of nitrogens with zero attached hydrogens (tertiary/aromatic N) is 4. The molecule has 4 aromatic rings. The van der Waals surface area contributed by atoms with E-state index in [-0.39, 0.29) is 5.91 Å². The van der Waals surface area contributed by atoms with Gasteiger partial charge in [-0.3, -0.25) is 9.36 Å². The fourth-order valence-corrected chi connectivity index (χ4v) is 4.87. The lowest BCUT2D eigenvalue weighted by Gasteiger charge is -2.25. The van der Waals surface area contributed by atoms with E-state index in [1.54, 1.807) is 13.4 Å². The maximum atomic E-state index is 13.5. The highest BCUT2D eigenvalue weighted by atomic mass is 32.2. The topological polar surface area (TPSA) is 73.4 Å². The molecule has 1 amide bonds. The fraction of sp³-hybridized carbons (Fsp3) is 0.269. The van der Waals surface area contributed by atoms with Gasteiger partial charge in [-0.2, -0.15) is 0 Å². The normalized spacial score (nSPS) is 11.9. The molecular formula is C26H28N4O3S. The molecule has 176 valence electrons. The zero-order valence-corrected chi connectivity index (χ0v) is 20.4. The van der Waals surface area contributed by atoms with Crippen molar-refractivity contribution in [2.45, 2.75) is 30.8 Å². The lowest BCUT2D eigenvalue weighted by Crippen LogP contribution is -2.34. The monoisotopic (exact) mass is 476 g/mol. The first-order chi connectivity index (χ1) is 16.6. The minimum Gasteiger partial charge on any atom is -0.497 e. The fourth-order valence-electron chi connectivity index (χ4n) is 3.75. The first kappa shape index (κ1) is 23.6. The van der Waals surface area contributed by atoms with Crippen molar-refractivity contribution in [2.24, 2.45) is 0 Å². The number of rotatable bonds is 10. The molecule has 1 atom stereocenters. The third kappa shape index (κ3) is 5.17. The molecule has 0 saturated carbocycles. The van der Waals surface area contributed by atoms with Crippen molar-refractivity contribution in [3.8, 4) is 17.1 Å². The van der Waals surface area contributed by atoms with Crippen LogP contribution in [0.4, 0.5) is 0 Å². The number of carbonyl (C=O) groups excluding carboxylic acids is 1. The van der Waals surface area contributed by atoms with E-state index in [1.807, 2.05) is 90.0 Å². The molecule has 0 aliphatic carbocycles. The van der Waals surface area contributed by atoms with E-state index in [0.717, 1.165) is 22.6 Å². The first-order valence-corrected chi connectivity index (χ1v) is 12.1. The van der Waals surface area contributed by atoms with Crippen LogP contribution in [-0.2, 0) is 11.3 Å². The van der Waals surface area contributed by atoms with Crippen LogP contribution in [0.15, 0.2) is 82.6 Å². The number of amides is 1. The van der Waals surface area contributed by atoms with Crippen molar-refractivity contribution in [2.75, 3.05) is 20.2 Å². The molecule has 0 spiro atoms. The second-order valence-electron chi connectivity index (χ2n) is 7.62. The molecule has 2 heterocycles. The highest BCUT2D eigenvalue weighted by molar-refractivity contribution is 8.00. The molecule has 0 saturated heterocycles. The van der Waals surface area contributed by atoms with Gasteiger partial charge in [0.05, 0.1) is 19.9 Å². The summed E-state index contributed by atoms with van der Waals surface area (Å²) < 4.78 is 13.0. The average Bonchev–Trinajstić information content (AvgIpc) is 3.54. The van der Waals surface area contributed by atoms with Crippen molar-refractivity contribution in [1.82, 2.24) is 19.7 Å². The highest BCUT2D eigenvalue weighted by Gasteiger charge is 2.29. The Bertz CT molecular complexity index is 1200. The minimum absolute atomic E-state index is 0.0525. The molecule has 0 fully saturated rings. The van der Waals surface area contributed by atoms with E-state index >= 15 is 0 Å². The second-order valence-corrected chi connectivity index (χ2v) is 8.70. The van der Waals surface area contributed by atoms with Gasteiger partial charge in [-0.15, -0.1) is 10.2 Å². The smallest absolute Gasteiger partial charge is 0.240 e. The number of furan rings is 1. The highest BCUT2D eigenvalue weighted by Crippen LogP contribution is 2.38. The third-order valence-corrected chi connectivity index (χ3v) is 6.79. The summed E-state index contributed by atoms with van der Waals surface area (Å²) in [6.45, 7) is 5.72. The van der Waals surface area contributed by atoms with Crippen LogP contribution in [0.3, 0.4) is 0 Å². The Morgan fingerprint density at radius 3 is 2.53 bits per heavy atom. The van der Waals surface area contributed by atoms with E-state index in [9.17, 15) is 4.79 Å². The Balaban J connectivity index is 1.77. The van der Waals surface area contributed by atoms with Crippen LogP contribution in [0, 0.1) is 0 Å². The molecule has 0 aliphatic heterocycles. The predicted molar refractivity (Wildman–Crippen MR) is 133 cm³/mol. The van der Waals surface area contributed by atoms with Crippen molar-refractivity contribution in [1.29, 1.82) is 0 Å². The number of likely N-dealkylation sites (N-methyl/N-ethyl adjacent to an activating group) is 1. The Labute approximate surface area is 203 Å². The van der Waals surface area contributed by atoms with Gasteiger partial charge in [0.15, 0.2) is 11.0 Å². The maximum absolute atomic E-state index is 13.5. The molecule has 1 unspecified atom stereocenters. The number of carbonyl (C=O) groups is 1. The predicted octanol–water partition coefficient (Wildman–Crippen LogP) is 5.30. The van der Waals surface area contributed by atoms with Gasteiger partial charge in [-0.05, 0) is 43.7 Å². The van der Waals surface area contributed by atoms with Crippen molar-refractivity contribution >= 4 is 17.7 Å². The van der Waals surface area contributed by atoms with E-state index in [1.165, 1.54) is 11.8 Å². The van der Waals surface area contributed by atoms with E-state index in [2.05, 4.69) is 10.2 Å². The molecule has 7 nitrogen and oxygen atoms in total.